The highest BCUT2D eigenvalue weighted by Gasteiger charge is 2.24. The number of benzene rings is 2. The Kier molecular flexibility index (Phi) is 6.18. The number of aromatic amines is 2. The van der Waals surface area contributed by atoms with Crippen LogP contribution in [0.3, 0.4) is 0 Å². The van der Waals surface area contributed by atoms with Crippen molar-refractivity contribution in [3.63, 3.8) is 0 Å². The van der Waals surface area contributed by atoms with E-state index in [0.717, 1.165) is 22.9 Å². The van der Waals surface area contributed by atoms with Gasteiger partial charge in [0, 0.05) is 0 Å². The third-order valence-electron chi connectivity index (χ3n) is 3.72. The summed E-state index contributed by atoms with van der Waals surface area (Å²) in [6.07, 6.45) is 1.54. The molecule has 0 fully saturated rings. The molecule has 9 heteroatoms. The summed E-state index contributed by atoms with van der Waals surface area (Å²) in [6, 6.07) is 16.6. The van der Waals surface area contributed by atoms with E-state index in [4.69, 9.17) is 0 Å². The van der Waals surface area contributed by atoms with E-state index in [1.54, 1.807) is 24.3 Å². The molecule has 1 aromatic heterocycles. The molecule has 1 unspecified atom stereocenters. The number of nitrogens with one attached hydrogen (secondary N) is 3. The van der Waals surface area contributed by atoms with Crippen molar-refractivity contribution in [1.29, 1.82) is 0 Å². The van der Waals surface area contributed by atoms with Crippen molar-refractivity contribution < 1.29 is 4.79 Å². The highest BCUT2D eigenvalue weighted by Crippen LogP contribution is 2.32. The van der Waals surface area contributed by atoms with Crippen LogP contribution in [0, 0.1) is 6.92 Å². The Bertz CT molecular complexity index is 1090. The minimum Gasteiger partial charge on any atom is -0.271 e. The summed E-state index contributed by atoms with van der Waals surface area (Å²) in [5, 5.41) is 9.08. The maximum atomic E-state index is 12.7. The van der Waals surface area contributed by atoms with Crippen LogP contribution in [0.4, 0.5) is 0 Å². The van der Waals surface area contributed by atoms with Crippen LogP contribution in [0.25, 0.3) is 0 Å². The smallest absolute Gasteiger partial charge is 0.271 e. The molecule has 0 bridgehead atoms. The number of hydrazone groups is 1. The summed E-state index contributed by atoms with van der Waals surface area (Å²) < 4.78 is 0. The molecule has 0 spiro atoms. The summed E-state index contributed by atoms with van der Waals surface area (Å²) in [4.78, 5) is 37.9. The first-order chi connectivity index (χ1) is 13.5. The molecule has 3 rings (SSSR count). The molecule has 28 heavy (non-hydrogen) atoms. The monoisotopic (exact) mass is 395 g/mol. The number of thioether (sulfide) groups is 1. The van der Waals surface area contributed by atoms with Crippen LogP contribution >= 0.6 is 11.8 Å². The van der Waals surface area contributed by atoms with Gasteiger partial charge < -0.3 is 0 Å². The largest absolute Gasteiger partial charge is 0.342 e. The standard InChI is InChI=1S/C19H17N5O3S/c1-12-7-9-13(10-8-12)11-20-22-16(25)15(14-5-3-2-4-6-14)28-18-17(26)21-19(27)24-23-18/h2-11,15H,1H3,(H,22,25)(H2,21,24,26,27)/b20-11-. The molecular weight excluding hydrogens is 378 g/mol. The molecule has 142 valence electrons. The van der Waals surface area contributed by atoms with Crippen LogP contribution in [0.2, 0.25) is 0 Å². The number of H-pyrrole nitrogens is 2. The fraction of sp³-hybridized carbons (Fsp3) is 0.105. The van der Waals surface area contributed by atoms with E-state index in [1.165, 1.54) is 6.21 Å². The Morgan fingerprint density at radius 2 is 1.86 bits per heavy atom. The van der Waals surface area contributed by atoms with Crippen LogP contribution < -0.4 is 16.7 Å². The van der Waals surface area contributed by atoms with Gasteiger partial charge >= 0.3 is 5.69 Å². The fourth-order valence-corrected chi connectivity index (χ4v) is 3.24. The van der Waals surface area contributed by atoms with Crippen molar-refractivity contribution in [3.8, 4) is 0 Å². The highest BCUT2D eigenvalue weighted by molar-refractivity contribution is 8.00. The minimum absolute atomic E-state index is 0.0221. The molecule has 0 saturated carbocycles. The summed E-state index contributed by atoms with van der Waals surface area (Å²) in [5.74, 6) is -0.424. The van der Waals surface area contributed by atoms with Gasteiger partial charge in [0.2, 0.25) is 0 Å². The van der Waals surface area contributed by atoms with Crippen molar-refractivity contribution in [2.75, 3.05) is 0 Å². The van der Waals surface area contributed by atoms with Gasteiger partial charge in [0.05, 0.1) is 6.21 Å². The van der Waals surface area contributed by atoms with Gasteiger partial charge in [-0.25, -0.2) is 15.3 Å². The van der Waals surface area contributed by atoms with Gasteiger partial charge in [-0.2, -0.15) is 10.2 Å². The molecule has 3 aromatic rings. The van der Waals surface area contributed by atoms with E-state index in [1.807, 2.05) is 37.3 Å². The molecule has 0 aliphatic rings. The molecule has 1 amide bonds. The first kappa shape index (κ1) is 19.3. The number of hydrogen-bond donors (Lipinski definition) is 3. The van der Waals surface area contributed by atoms with Crippen molar-refractivity contribution in [1.82, 2.24) is 20.6 Å². The number of carbonyl (C=O) groups excluding carboxylic acids is 1. The van der Waals surface area contributed by atoms with Crippen molar-refractivity contribution in [2.45, 2.75) is 17.2 Å². The number of rotatable bonds is 6. The summed E-state index contributed by atoms with van der Waals surface area (Å²) >= 11 is 0.923. The Morgan fingerprint density at radius 1 is 1.14 bits per heavy atom. The third-order valence-corrected chi connectivity index (χ3v) is 4.94. The zero-order valence-corrected chi connectivity index (χ0v) is 15.7. The van der Waals surface area contributed by atoms with E-state index < -0.39 is 22.4 Å². The number of amides is 1. The molecular formula is C19H17N5O3S. The van der Waals surface area contributed by atoms with Gasteiger partial charge in [0.1, 0.15) is 5.25 Å². The van der Waals surface area contributed by atoms with Gasteiger partial charge in [0.25, 0.3) is 11.5 Å². The second-order valence-corrected chi connectivity index (χ2v) is 6.96. The zero-order chi connectivity index (χ0) is 19.9. The van der Waals surface area contributed by atoms with Gasteiger partial charge in [-0.3, -0.25) is 14.6 Å². The molecule has 0 aliphatic carbocycles. The van der Waals surface area contributed by atoms with Crippen LogP contribution in [-0.4, -0.2) is 27.3 Å². The van der Waals surface area contributed by atoms with Gasteiger partial charge in [-0.05, 0) is 18.1 Å². The number of hydrogen-bond acceptors (Lipinski definition) is 6. The minimum atomic E-state index is -0.782. The van der Waals surface area contributed by atoms with Crippen LogP contribution in [0.1, 0.15) is 21.9 Å². The predicted molar refractivity (Wildman–Crippen MR) is 107 cm³/mol. The first-order valence-electron chi connectivity index (χ1n) is 8.33. The molecule has 0 radical (unpaired) electrons. The molecule has 1 heterocycles. The van der Waals surface area contributed by atoms with Gasteiger partial charge in [-0.1, -0.05) is 71.9 Å². The maximum absolute atomic E-state index is 12.7. The lowest BCUT2D eigenvalue weighted by atomic mass is 10.1. The Balaban J connectivity index is 1.80. The van der Waals surface area contributed by atoms with Crippen molar-refractivity contribution in [2.24, 2.45) is 5.10 Å². The summed E-state index contributed by atoms with van der Waals surface area (Å²) in [7, 11) is 0. The molecule has 8 nitrogen and oxygen atoms in total. The van der Waals surface area contributed by atoms with E-state index in [9.17, 15) is 14.4 Å². The lowest BCUT2D eigenvalue weighted by molar-refractivity contribution is -0.120. The fourth-order valence-electron chi connectivity index (χ4n) is 2.31. The molecule has 1 atom stereocenters. The molecule has 0 saturated heterocycles. The van der Waals surface area contributed by atoms with Crippen LogP contribution in [0.15, 0.2) is 74.3 Å². The van der Waals surface area contributed by atoms with Crippen molar-refractivity contribution >= 4 is 23.9 Å². The normalized spacial score (nSPS) is 12.0. The average Bonchev–Trinajstić information content (AvgIpc) is 2.69. The average molecular weight is 395 g/mol. The maximum Gasteiger partial charge on any atom is 0.342 e. The van der Waals surface area contributed by atoms with E-state index in [0.29, 0.717) is 5.56 Å². The Morgan fingerprint density at radius 3 is 2.54 bits per heavy atom. The van der Waals surface area contributed by atoms with Crippen LogP contribution in [-0.2, 0) is 4.79 Å². The molecule has 0 aliphatic heterocycles. The predicted octanol–water partition coefficient (Wildman–Crippen LogP) is 1.75. The SMILES string of the molecule is Cc1ccc(/C=N\NC(=O)C(Sc2n[nH]c(=O)[nH]c2=O)c2ccccc2)cc1. The number of aryl methyl sites for hydroxylation is 1. The third kappa shape index (κ3) is 5.04. The quantitative estimate of drug-likeness (QED) is 0.334. The van der Waals surface area contributed by atoms with E-state index in [2.05, 4.69) is 25.7 Å². The second-order valence-electron chi connectivity index (χ2n) is 5.87. The van der Waals surface area contributed by atoms with Crippen molar-refractivity contribution in [3.05, 3.63) is 92.1 Å². The Labute approximate surface area is 164 Å². The van der Waals surface area contributed by atoms with E-state index >= 15 is 0 Å². The molecule has 3 N–H and O–H groups in total. The summed E-state index contributed by atoms with van der Waals surface area (Å²) in [6.45, 7) is 1.98. The number of nitrogens with zero attached hydrogens (tertiary/aromatic N) is 2. The first-order valence-corrected chi connectivity index (χ1v) is 9.21. The topological polar surface area (TPSA) is 120 Å². The number of carbonyl (C=O) groups is 1. The zero-order valence-electron chi connectivity index (χ0n) is 14.9. The molecule has 2 aromatic carbocycles. The number of aromatic nitrogens is 3. The van der Waals surface area contributed by atoms with E-state index in [-0.39, 0.29) is 5.03 Å². The Hall–Kier alpha value is -3.46. The summed E-state index contributed by atoms with van der Waals surface area (Å²) in [5.41, 5.74) is 3.76. The lowest BCUT2D eigenvalue weighted by Crippen LogP contribution is -2.28. The van der Waals surface area contributed by atoms with Gasteiger partial charge in [-0.15, -0.1) is 0 Å². The second kappa shape index (κ2) is 8.96. The lowest BCUT2D eigenvalue weighted by Gasteiger charge is -2.14. The highest BCUT2D eigenvalue weighted by atomic mass is 32.2. The van der Waals surface area contributed by atoms with Crippen LogP contribution in [0.5, 0.6) is 0 Å². The van der Waals surface area contributed by atoms with Gasteiger partial charge in [0.15, 0.2) is 5.03 Å².